The fraction of sp³-hybridized carbons (Fsp3) is 0.846. The van der Waals surface area contributed by atoms with Gasteiger partial charge in [-0.15, -0.1) is 23.5 Å². The van der Waals surface area contributed by atoms with Gasteiger partial charge in [-0.2, -0.15) is 0 Å². The first-order chi connectivity index (χ1) is 7.56. The third-order valence-electron chi connectivity index (χ3n) is 3.84. The highest BCUT2D eigenvalue weighted by Gasteiger charge is 2.47. The van der Waals surface area contributed by atoms with Crippen LogP contribution in [0.4, 0.5) is 0 Å². The molecule has 0 spiro atoms. The van der Waals surface area contributed by atoms with Gasteiger partial charge in [-0.25, -0.2) is 0 Å². The zero-order chi connectivity index (χ0) is 11.6. The van der Waals surface area contributed by atoms with Gasteiger partial charge in [0, 0.05) is 0 Å². The molecule has 0 aromatic heterocycles. The summed E-state index contributed by atoms with van der Waals surface area (Å²) in [5.41, 5.74) is 0.645. The molecule has 1 heterocycles. The Bertz CT molecular complexity index is 278. The third-order valence-corrected chi connectivity index (χ3v) is 7.43. The van der Waals surface area contributed by atoms with E-state index in [9.17, 15) is 5.11 Å². The van der Waals surface area contributed by atoms with Crippen molar-refractivity contribution in [1.29, 1.82) is 0 Å². The lowest BCUT2D eigenvalue weighted by molar-refractivity contribution is 0.0845. The first kappa shape index (κ1) is 12.8. The second-order valence-electron chi connectivity index (χ2n) is 5.04. The Kier molecular flexibility index (Phi) is 3.97. The summed E-state index contributed by atoms with van der Waals surface area (Å²) in [4.78, 5) is 0. The van der Waals surface area contributed by atoms with Gasteiger partial charge in [0.05, 0.1) is 4.08 Å². The van der Waals surface area contributed by atoms with Crippen LogP contribution in [0.2, 0.25) is 0 Å². The Morgan fingerprint density at radius 3 is 2.50 bits per heavy atom. The second kappa shape index (κ2) is 4.95. The predicted octanol–water partition coefficient (Wildman–Crippen LogP) is 3.82. The quantitative estimate of drug-likeness (QED) is 0.760. The average molecular weight is 258 g/mol. The molecule has 3 heteroatoms. The summed E-state index contributed by atoms with van der Waals surface area (Å²) < 4.78 is -0.0472. The van der Waals surface area contributed by atoms with Gasteiger partial charge in [0.15, 0.2) is 0 Å². The van der Waals surface area contributed by atoms with Crippen molar-refractivity contribution in [1.82, 2.24) is 0 Å². The maximum absolute atomic E-state index is 10.9. The molecule has 0 bridgehead atoms. The van der Waals surface area contributed by atoms with Crippen molar-refractivity contribution >= 4 is 23.5 Å². The minimum atomic E-state index is -0.636. The number of hydrogen-bond donors (Lipinski definition) is 1. The van der Waals surface area contributed by atoms with Crippen LogP contribution in [-0.2, 0) is 0 Å². The Labute approximate surface area is 107 Å². The van der Waals surface area contributed by atoms with Crippen molar-refractivity contribution < 1.29 is 5.11 Å². The van der Waals surface area contributed by atoms with Gasteiger partial charge < -0.3 is 5.11 Å². The number of aliphatic hydroxyl groups is 1. The van der Waals surface area contributed by atoms with Gasteiger partial charge in [-0.05, 0) is 63.0 Å². The smallest absolute Gasteiger partial charge is 0.106 e. The molecule has 0 aromatic rings. The van der Waals surface area contributed by atoms with Crippen LogP contribution >= 0.6 is 23.5 Å². The van der Waals surface area contributed by atoms with E-state index in [-0.39, 0.29) is 4.08 Å². The molecule has 16 heavy (non-hydrogen) atoms. The standard InChI is InChI=1S/C13H22OS2/c1-12(14,11-7-4-3-5-8-11)13(2)15-9-6-10-16-13/h7,14H,3-6,8-10H2,1-2H3. The lowest BCUT2D eigenvalue weighted by Crippen LogP contribution is -2.48. The molecule has 1 unspecified atom stereocenters. The Morgan fingerprint density at radius 2 is 1.94 bits per heavy atom. The van der Waals surface area contributed by atoms with E-state index in [2.05, 4.69) is 13.0 Å². The highest BCUT2D eigenvalue weighted by atomic mass is 32.2. The Balaban J connectivity index is 2.18. The van der Waals surface area contributed by atoms with Crippen molar-refractivity contribution in [3.05, 3.63) is 11.6 Å². The first-order valence-electron chi connectivity index (χ1n) is 6.26. The van der Waals surface area contributed by atoms with Gasteiger partial charge in [0.25, 0.3) is 0 Å². The Hall–Kier alpha value is 0.400. The summed E-state index contributed by atoms with van der Waals surface area (Å²) >= 11 is 3.88. The van der Waals surface area contributed by atoms with E-state index in [0.717, 1.165) is 12.8 Å². The van der Waals surface area contributed by atoms with E-state index < -0.39 is 5.60 Å². The van der Waals surface area contributed by atoms with Crippen LogP contribution in [0, 0.1) is 0 Å². The number of allylic oxidation sites excluding steroid dienone is 1. The zero-order valence-corrected chi connectivity index (χ0v) is 11.9. The molecule has 1 saturated heterocycles. The molecule has 1 fully saturated rings. The first-order valence-corrected chi connectivity index (χ1v) is 8.23. The fourth-order valence-electron chi connectivity index (χ4n) is 2.49. The molecule has 2 aliphatic rings. The SMILES string of the molecule is CC1(C(C)(O)C2=CCCCC2)SCCCS1. The zero-order valence-electron chi connectivity index (χ0n) is 10.3. The van der Waals surface area contributed by atoms with Crippen molar-refractivity contribution in [2.24, 2.45) is 0 Å². The van der Waals surface area contributed by atoms with Gasteiger partial charge in [-0.1, -0.05) is 6.08 Å². The van der Waals surface area contributed by atoms with Gasteiger partial charge >= 0.3 is 0 Å². The molecule has 0 saturated carbocycles. The van der Waals surface area contributed by atoms with Crippen LogP contribution in [0.5, 0.6) is 0 Å². The average Bonchev–Trinajstić information content (AvgIpc) is 2.31. The van der Waals surface area contributed by atoms with Crippen molar-refractivity contribution in [3.63, 3.8) is 0 Å². The van der Waals surface area contributed by atoms with E-state index in [1.54, 1.807) is 0 Å². The molecule has 92 valence electrons. The van der Waals surface area contributed by atoms with E-state index in [4.69, 9.17) is 0 Å². The van der Waals surface area contributed by atoms with E-state index in [0.29, 0.717) is 0 Å². The molecule has 1 aliphatic carbocycles. The topological polar surface area (TPSA) is 20.2 Å². The van der Waals surface area contributed by atoms with Gasteiger partial charge in [0.1, 0.15) is 5.60 Å². The summed E-state index contributed by atoms with van der Waals surface area (Å²) in [5.74, 6) is 2.37. The summed E-state index contributed by atoms with van der Waals surface area (Å²) in [6.45, 7) is 4.24. The summed E-state index contributed by atoms with van der Waals surface area (Å²) in [6.07, 6.45) is 8.33. The lowest BCUT2D eigenvalue weighted by atomic mass is 9.84. The molecule has 0 aromatic carbocycles. The summed E-state index contributed by atoms with van der Waals surface area (Å²) in [6, 6.07) is 0. The molecule has 1 N–H and O–H groups in total. The van der Waals surface area contributed by atoms with Crippen LogP contribution in [0.3, 0.4) is 0 Å². The molecule has 1 nitrogen and oxygen atoms in total. The second-order valence-corrected chi connectivity index (χ2v) is 8.33. The van der Waals surface area contributed by atoms with Crippen molar-refractivity contribution in [2.45, 2.75) is 55.6 Å². The van der Waals surface area contributed by atoms with Crippen LogP contribution in [-0.4, -0.2) is 26.3 Å². The summed E-state index contributed by atoms with van der Waals surface area (Å²) in [5, 5.41) is 10.9. The molecule has 0 amide bonds. The molecule has 1 aliphatic heterocycles. The van der Waals surface area contributed by atoms with Crippen LogP contribution < -0.4 is 0 Å². The molecule has 1 atom stereocenters. The van der Waals surface area contributed by atoms with E-state index in [1.807, 2.05) is 30.4 Å². The normalized spacial score (nSPS) is 29.3. The fourth-order valence-corrected chi connectivity index (χ4v) is 5.68. The highest BCUT2D eigenvalue weighted by Crippen LogP contribution is 2.52. The lowest BCUT2D eigenvalue weighted by Gasteiger charge is -2.46. The molecular formula is C13H22OS2. The highest BCUT2D eigenvalue weighted by molar-refractivity contribution is 8.18. The van der Waals surface area contributed by atoms with Crippen LogP contribution in [0.25, 0.3) is 0 Å². The molecule has 2 rings (SSSR count). The van der Waals surface area contributed by atoms with Gasteiger partial charge in [0.2, 0.25) is 0 Å². The number of hydrogen-bond acceptors (Lipinski definition) is 3. The van der Waals surface area contributed by atoms with Crippen molar-refractivity contribution in [3.8, 4) is 0 Å². The maximum Gasteiger partial charge on any atom is 0.106 e. The maximum atomic E-state index is 10.9. The Morgan fingerprint density at radius 1 is 1.25 bits per heavy atom. The van der Waals surface area contributed by atoms with Crippen LogP contribution in [0.1, 0.15) is 46.0 Å². The van der Waals surface area contributed by atoms with Crippen LogP contribution in [0.15, 0.2) is 11.6 Å². The van der Waals surface area contributed by atoms with Crippen molar-refractivity contribution in [2.75, 3.05) is 11.5 Å². The largest absolute Gasteiger partial charge is 0.383 e. The molecule has 0 radical (unpaired) electrons. The summed E-state index contributed by atoms with van der Waals surface area (Å²) in [7, 11) is 0. The monoisotopic (exact) mass is 258 g/mol. The predicted molar refractivity (Wildman–Crippen MR) is 75.1 cm³/mol. The third kappa shape index (κ3) is 2.32. The minimum absolute atomic E-state index is 0.0472. The van der Waals surface area contributed by atoms with E-state index in [1.165, 1.54) is 36.3 Å². The van der Waals surface area contributed by atoms with E-state index >= 15 is 0 Å². The number of rotatable bonds is 2. The molecular weight excluding hydrogens is 236 g/mol. The number of thioether (sulfide) groups is 2. The minimum Gasteiger partial charge on any atom is -0.383 e. The van der Waals surface area contributed by atoms with Gasteiger partial charge in [-0.3, -0.25) is 0 Å².